The van der Waals surface area contributed by atoms with E-state index < -0.39 is 0 Å². The summed E-state index contributed by atoms with van der Waals surface area (Å²) in [6, 6.07) is 13.0. The van der Waals surface area contributed by atoms with Crippen LogP contribution in [0.3, 0.4) is 0 Å². The zero-order chi connectivity index (χ0) is 15.1. The van der Waals surface area contributed by atoms with Crippen molar-refractivity contribution in [2.45, 2.75) is 32.7 Å². The summed E-state index contributed by atoms with van der Waals surface area (Å²) in [7, 11) is 1.69. The largest absolute Gasteiger partial charge is 0.497 e. The lowest BCUT2D eigenvalue weighted by Gasteiger charge is -2.14. The number of hydrogen-bond acceptors (Lipinski definition) is 3. The number of ether oxygens (including phenoxy) is 1. The highest BCUT2D eigenvalue weighted by Gasteiger charge is 2.03. The Labute approximate surface area is 127 Å². The Kier molecular flexibility index (Phi) is 5.76. The molecule has 1 atom stereocenters. The molecule has 0 saturated heterocycles. The van der Waals surface area contributed by atoms with Gasteiger partial charge in [-0.15, -0.1) is 0 Å². The van der Waals surface area contributed by atoms with Crippen LogP contribution in [-0.4, -0.2) is 24.7 Å². The van der Waals surface area contributed by atoms with Crippen LogP contribution in [0.5, 0.6) is 5.75 Å². The molecule has 2 aromatic rings. The SMILES string of the molecule is COc1ccc(C[C@@H](C)NCCc2ccc(C)nc2)cc1. The predicted molar refractivity (Wildman–Crippen MR) is 86.8 cm³/mol. The van der Waals surface area contributed by atoms with Crippen LogP contribution in [0.2, 0.25) is 0 Å². The number of hydrogen-bond donors (Lipinski definition) is 1. The summed E-state index contributed by atoms with van der Waals surface area (Å²) in [6.45, 7) is 5.21. The normalized spacial score (nSPS) is 12.1. The number of rotatable bonds is 7. The van der Waals surface area contributed by atoms with Gasteiger partial charge in [0.1, 0.15) is 5.75 Å². The lowest BCUT2D eigenvalue weighted by Crippen LogP contribution is -2.30. The van der Waals surface area contributed by atoms with Crippen LogP contribution >= 0.6 is 0 Å². The molecule has 3 heteroatoms. The Morgan fingerprint density at radius 2 is 1.81 bits per heavy atom. The molecule has 0 radical (unpaired) electrons. The van der Waals surface area contributed by atoms with Crippen LogP contribution in [0.25, 0.3) is 0 Å². The van der Waals surface area contributed by atoms with Gasteiger partial charge in [-0.05, 0) is 62.6 Å². The molecule has 0 aliphatic heterocycles. The van der Waals surface area contributed by atoms with Gasteiger partial charge in [-0.1, -0.05) is 18.2 Å². The molecule has 3 nitrogen and oxygen atoms in total. The molecular formula is C18H24N2O. The van der Waals surface area contributed by atoms with Crippen molar-refractivity contribution in [1.82, 2.24) is 10.3 Å². The molecular weight excluding hydrogens is 260 g/mol. The third kappa shape index (κ3) is 5.20. The van der Waals surface area contributed by atoms with Crippen LogP contribution in [0.4, 0.5) is 0 Å². The Morgan fingerprint density at radius 3 is 2.43 bits per heavy atom. The number of benzene rings is 1. The molecule has 1 aromatic carbocycles. The van der Waals surface area contributed by atoms with Gasteiger partial charge >= 0.3 is 0 Å². The van der Waals surface area contributed by atoms with Gasteiger partial charge in [0.05, 0.1) is 7.11 Å². The number of aromatic nitrogens is 1. The maximum atomic E-state index is 5.17. The van der Waals surface area contributed by atoms with Gasteiger partial charge in [0, 0.05) is 17.9 Å². The first-order chi connectivity index (χ1) is 10.2. The minimum atomic E-state index is 0.455. The van der Waals surface area contributed by atoms with E-state index in [-0.39, 0.29) is 0 Å². The first-order valence-electron chi connectivity index (χ1n) is 7.45. The average Bonchev–Trinajstić information content (AvgIpc) is 2.50. The lowest BCUT2D eigenvalue weighted by molar-refractivity contribution is 0.414. The van der Waals surface area contributed by atoms with Gasteiger partial charge in [0.2, 0.25) is 0 Å². The average molecular weight is 284 g/mol. The zero-order valence-corrected chi connectivity index (χ0v) is 13.1. The van der Waals surface area contributed by atoms with E-state index in [4.69, 9.17) is 4.74 Å². The van der Waals surface area contributed by atoms with E-state index in [1.165, 1.54) is 11.1 Å². The van der Waals surface area contributed by atoms with Crippen molar-refractivity contribution in [3.8, 4) is 5.75 Å². The third-order valence-electron chi connectivity index (χ3n) is 3.58. The zero-order valence-electron chi connectivity index (χ0n) is 13.1. The fourth-order valence-electron chi connectivity index (χ4n) is 2.30. The molecule has 1 heterocycles. The fourth-order valence-corrected chi connectivity index (χ4v) is 2.30. The van der Waals surface area contributed by atoms with Crippen LogP contribution < -0.4 is 10.1 Å². The second kappa shape index (κ2) is 7.79. The number of methoxy groups -OCH3 is 1. The molecule has 0 aliphatic rings. The molecule has 1 N–H and O–H groups in total. The summed E-state index contributed by atoms with van der Waals surface area (Å²) in [5, 5.41) is 3.56. The van der Waals surface area contributed by atoms with Gasteiger partial charge in [-0.3, -0.25) is 4.98 Å². The molecule has 0 fully saturated rings. The Hall–Kier alpha value is -1.87. The molecule has 1 aromatic heterocycles. The van der Waals surface area contributed by atoms with Crippen molar-refractivity contribution in [2.75, 3.05) is 13.7 Å². The minimum absolute atomic E-state index is 0.455. The number of pyridine rings is 1. The van der Waals surface area contributed by atoms with E-state index in [0.717, 1.165) is 30.8 Å². The van der Waals surface area contributed by atoms with E-state index in [1.54, 1.807) is 7.11 Å². The smallest absolute Gasteiger partial charge is 0.118 e. The standard InChI is InChI=1S/C18H24N2O/c1-14-4-5-17(13-20-14)10-11-19-15(2)12-16-6-8-18(21-3)9-7-16/h4-9,13,15,19H,10-12H2,1-3H3/t15-/m1/s1. The predicted octanol–water partition coefficient (Wildman–Crippen LogP) is 3.16. The lowest BCUT2D eigenvalue weighted by atomic mass is 10.1. The van der Waals surface area contributed by atoms with Gasteiger partial charge in [-0.2, -0.15) is 0 Å². The van der Waals surface area contributed by atoms with Gasteiger partial charge in [0.15, 0.2) is 0 Å². The first kappa shape index (κ1) is 15.5. The minimum Gasteiger partial charge on any atom is -0.497 e. The molecule has 0 spiro atoms. The number of nitrogens with zero attached hydrogens (tertiary/aromatic N) is 1. The van der Waals surface area contributed by atoms with Crippen LogP contribution in [0, 0.1) is 6.92 Å². The highest BCUT2D eigenvalue weighted by Crippen LogP contribution is 2.12. The van der Waals surface area contributed by atoms with E-state index in [0.29, 0.717) is 6.04 Å². The van der Waals surface area contributed by atoms with Crippen LogP contribution in [0.1, 0.15) is 23.7 Å². The monoisotopic (exact) mass is 284 g/mol. The Bertz CT molecular complexity index is 534. The molecule has 2 rings (SSSR count). The van der Waals surface area contributed by atoms with Crippen molar-refractivity contribution in [3.63, 3.8) is 0 Å². The Balaban J connectivity index is 1.73. The topological polar surface area (TPSA) is 34.1 Å². The summed E-state index contributed by atoms with van der Waals surface area (Å²) >= 11 is 0. The molecule has 0 unspecified atom stereocenters. The van der Waals surface area contributed by atoms with Crippen LogP contribution in [0.15, 0.2) is 42.6 Å². The van der Waals surface area contributed by atoms with Gasteiger partial charge in [-0.25, -0.2) is 0 Å². The van der Waals surface area contributed by atoms with Crippen molar-refractivity contribution < 1.29 is 4.74 Å². The Morgan fingerprint density at radius 1 is 1.10 bits per heavy atom. The number of aryl methyl sites for hydroxylation is 1. The van der Waals surface area contributed by atoms with Gasteiger partial charge < -0.3 is 10.1 Å². The highest BCUT2D eigenvalue weighted by atomic mass is 16.5. The molecule has 21 heavy (non-hydrogen) atoms. The molecule has 0 amide bonds. The summed E-state index contributed by atoms with van der Waals surface area (Å²) in [5.41, 5.74) is 3.68. The van der Waals surface area contributed by atoms with E-state index in [2.05, 4.69) is 41.5 Å². The van der Waals surface area contributed by atoms with Crippen molar-refractivity contribution in [1.29, 1.82) is 0 Å². The fraction of sp³-hybridized carbons (Fsp3) is 0.389. The second-order valence-corrected chi connectivity index (χ2v) is 5.47. The first-order valence-corrected chi connectivity index (χ1v) is 7.45. The van der Waals surface area contributed by atoms with Crippen molar-refractivity contribution in [2.24, 2.45) is 0 Å². The summed E-state index contributed by atoms with van der Waals surface area (Å²) in [4.78, 5) is 4.32. The summed E-state index contributed by atoms with van der Waals surface area (Å²) < 4.78 is 5.17. The summed E-state index contributed by atoms with van der Waals surface area (Å²) in [5.74, 6) is 0.909. The third-order valence-corrected chi connectivity index (χ3v) is 3.58. The molecule has 0 aliphatic carbocycles. The van der Waals surface area contributed by atoms with Crippen LogP contribution in [-0.2, 0) is 12.8 Å². The molecule has 0 saturated carbocycles. The van der Waals surface area contributed by atoms with Gasteiger partial charge in [0.25, 0.3) is 0 Å². The van der Waals surface area contributed by atoms with E-state index in [1.807, 2.05) is 25.3 Å². The van der Waals surface area contributed by atoms with Crippen molar-refractivity contribution >= 4 is 0 Å². The second-order valence-electron chi connectivity index (χ2n) is 5.47. The highest BCUT2D eigenvalue weighted by molar-refractivity contribution is 5.27. The van der Waals surface area contributed by atoms with E-state index >= 15 is 0 Å². The molecule has 112 valence electrons. The maximum Gasteiger partial charge on any atom is 0.118 e. The maximum absolute atomic E-state index is 5.17. The quantitative estimate of drug-likeness (QED) is 0.848. The van der Waals surface area contributed by atoms with E-state index in [9.17, 15) is 0 Å². The summed E-state index contributed by atoms with van der Waals surface area (Å²) in [6.07, 6.45) is 4.00. The molecule has 0 bridgehead atoms. The number of nitrogens with one attached hydrogen (secondary N) is 1. The van der Waals surface area contributed by atoms with Crippen molar-refractivity contribution in [3.05, 3.63) is 59.4 Å².